The van der Waals surface area contributed by atoms with E-state index in [2.05, 4.69) is 15.0 Å². The van der Waals surface area contributed by atoms with Gasteiger partial charge in [0, 0.05) is 11.5 Å². The van der Waals surface area contributed by atoms with Crippen LogP contribution in [0.25, 0.3) is 6.08 Å². The summed E-state index contributed by atoms with van der Waals surface area (Å²) < 4.78 is 33.8. The van der Waals surface area contributed by atoms with Crippen molar-refractivity contribution in [3.8, 4) is 11.5 Å². The molecule has 0 bridgehead atoms. The third kappa shape index (κ3) is 5.03. The molecule has 1 aromatic heterocycles. The molecule has 23 heavy (non-hydrogen) atoms. The van der Waals surface area contributed by atoms with Gasteiger partial charge in [-0.25, -0.2) is 4.98 Å². The van der Waals surface area contributed by atoms with Crippen LogP contribution in [0.15, 0.2) is 29.7 Å². The summed E-state index contributed by atoms with van der Waals surface area (Å²) in [7, 11) is 1.35. The van der Waals surface area contributed by atoms with Gasteiger partial charge in [0.25, 0.3) is 0 Å². The first kappa shape index (κ1) is 16.9. The molecule has 0 saturated heterocycles. The minimum absolute atomic E-state index is 0.0673. The molecule has 1 amide bonds. The highest BCUT2D eigenvalue weighted by Crippen LogP contribution is 2.29. The highest BCUT2D eigenvalue weighted by molar-refractivity contribution is 7.13. The van der Waals surface area contributed by atoms with Gasteiger partial charge in [0.1, 0.15) is 0 Å². The maximum absolute atomic E-state index is 12.3. The Morgan fingerprint density at radius 2 is 2.17 bits per heavy atom. The van der Waals surface area contributed by atoms with Gasteiger partial charge >= 0.3 is 6.61 Å². The minimum atomic E-state index is -2.93. The van der Waals surface area contributed by atoms with Crippen LogP contribution in [0.5, 0.6) is 11.5 Å². The lowest BCUT2D eigenvalue weighted by Crippen LogP contribution is -2.07. The Bertz CT molecular complexity index is 716. The normalized spacial score (nSPS) is 11.0. The molecule has 0 aliphatic rings. The van der Waals surface area contributed by atoms with E-state index in [0.717, 1.165) is 5.69 Å². The predicted molar refractivity (Wildman–Crippen MR) is 84.1 cm³/mol. The largest absolute Gasteiger partial charge is 0.493 e. The third-order valence-electron chi connectivity index (χ3n) is 2.68. The zero-order chi connectivity index (χ0) is 16.8. The van der Waals surface area contributed by atoms with Gasteiger partial charge in [-0.3, -0.25) is 10.1 Å². The minimum Gasteiger partial charge on any atom is -0.493 e. The SMILES string of the molecule is COc1cc(/C=C/C(=O)Nc2nc(C)cs2)ccc1OC(F)F. The van der Waals surface area contributed by atoms with Crippen molar-refractivity contribution in [2.45, 2.75) is 13.5 Å². The fourth-order valence-corrected chi connectivity index (χ4v) is 2.40. The summed E-state index contributed by atoms with van der Waals surface area (Å²) in [6, 6.07) is 4.39. The third-order valence-corrected chi connectivity index (χ3v) is 3.56. The molecule has 0 saturated carbocycles. The van der Waals surface area contributed by atoms with E-state index < -0.39 is 6.61 Å². The Labute approximate surface area is 135 Å². The molecular formula is C15H14F2N2O3S. The molecule has 0 unspecified atom stereocenters. The van der Waals surface area contributed by atoms with Crippen LogP contribution >= 0.6 is 11.3 Å². The number of carbonyl (C=O) groups excluding carboxylic acids is 1. The molecule has 1 aromatic carbocycles. The van der Waals surface area contributed by atoms with E-state index in [4.69, 9.17) is 4.74 Å². The van der Waals surface area contributed by atoms with E-state index in [9.17, 15) is 13.6 Å². The number of halogens is 2. The van der Waals surface area contributed by atoms with Crippen molar-refractivity contribution in [2.24, 2.45) is 0 Å². The van der Waals surface area contributed by atoms with Crippen LogP contribution in [0.1, 0.15) is 11.3 Å². The number of alkyl halides is 2. The second-order valence-corrected chi connectivity index (χ2v) is 5.26. The van der Waals surface area contributed by atoms with Gasteiger partial charge < -0.3 is 9.47 Å². The first-order valence-corrected chi connectivity index (χ1v) is 7.40. The van der Waals surface area contributed by atoms with Gasteiger partial charge in [0.05, 0.1) is 12.8 Å². The molecule has 0 aliphatic carbocycles. The molecule has 2 aromatic rings. The molecule has 0 radical (unpaired) electrons. The molecule has 0 atom stereocenters. The summed E-state index contributed by atoms with van der Waals surface area (Å²) in [4.78, 5) is 15.9. The zero-order valence-corrected chi connectivity index (χ0v) is 13.2. The number of nitrogens with zero attached hydrogens (tertiary/aromatic N) is 1. The number of aryl methyl sites for hydroxylation is 1. The van der Waals surface area contributed by atoms with Gasteiger partial charge in [-0.1, -0.05) is 6.07 Å². The fraction of sp³-hybridized carbons (Fsp3) is 0.200. The number of rotatable bonds is 6. The predicted octanol–water partition coefficient (Wildman–Crippen LogP) is 3.71. The number of aromatic nitrogens is 1. The first-order chi connectivity index (χ1) is 11.0. The molecule has 1 N–H and O–H groups in total. The van der Waals surface area contributed by atoms with E-state index in [1.165, 1.54) is 48.8 Å². The molecule has 2 rings (SSSR count). The average Bonchev–Trinajstić information content (AvgIpc) is 2.90. The van der Waals surface area contributed by atoms with Crippen LogP contribution in [0.3, 0.4) is 0 Å². The Kier molecular flexibility index (Phi) is 5.64. The Balaban J connectivity index is 2.05. The van der Waals surface area contributed by atoms with Crippen LogP contribution in [0.4, 0.5) is 13.9 Å². The number of nitrogens with one attached hydrogen (secondary N) is 1. The summed E-state index contributed by atoms with van der Waals surface area (Å²) in [5.41, 5.74) is 1.43. The van der Waals surface area contributed by atoms with Crippen molar-refractivity contribution in [2.75, 3.05) is 12.4 Å². The lowest BCUT2D eigenvalue weighted by molar-refractivity contribution is -0.111. The fourth-order valence-electron chi connectivity index (χ4n) is 1.71. The number of anilines is 1. The highest BCUT2D eigenvalue weighted by atomic mass is 32.1. The highest BCUT2D eigenvalue weighted by Gasteiger charge is 2.10. The Morgan fingerprint density at radius 1 is 1.39 bits per heavy atom. The van der Waals surface area contributed by atoms with E-state index in [1.807, 2.05) is 12.3 Å². The maximum atomic E-state index is 12.3. The van der Waals surface area contributed by atoms with Crippen molar-refractivity contribution >= 4 is 28.5 Å². The average molecular weight is 340 g/mol. The number of benzene rings is 1. The van der Waals surface area contributed by atoms with Gasteiger partial charge in [-0.05, 0) is 30.7 Å². The summed E-state index contributed by atoms with van der Waals surface area (Å²) in [6.45, 7) is -1.10. The molecule has 5 nitrogen and oxygen atoms in total. The second-order valence-electron chi connectivity index (χ2n) is 4.41. The van der Waals surface area contributed by atoms with Gasteiger partial charge in [0.2, 0.25) is 5.91 Å². The lowest BCUT2D eigenvalue weighted by atomic mass is 10.2. The number of ether oxygens (including phenoxy) is 2. The smallest absolute Gasteiger partial charge is 0.387 e. The topological polar surface area (TPSA) is 60.5 Å². The lowest BCUT2D eigenvalue weighted by Gasteiger charge is -2.10. The summed E-state index contributed by atoms with van der Waals surface area (Å²) in [6.07, 6.45) is 2.85. The van der Waals surface area contributed by atoms with Gasteiger partial charge in [-0.2, -0.15) is 8.78 Å². The molecule has 0 fully saturated rings. The molecule has 0 aliphatic heterocycles. The number of carbonyl (C=O) groups is 1. The molecule has 0 spiro atoms. The van der Waals surface area contributed by atoms with Crippen molar-refractivity contribution < 1.29 is 23.0 Å². The van der Waals surface area contributed by atoms with Crippen LogP contribution in [-0.4, -0.2) is 24.6 Å². The standard InChI is InChI=1S/C15H14F2N2O3S/c1-9-8-23-15(18-9)19-13(20)6-4-10-3-5-11(22-14(16)17)12(7-10)21-2/h3-8,14H,1-2H3,(H,18,19,20)/b6-4+. The molecule has 8 heteroatoms. The van der Waals surface area contributed by atoms with E-state index in [0.29, 0.717) is 10.7 Å². The summed E-state index contributed by atoms with van der Waals surface area (Å²) >= 11 is 1.33. The Hall–Kier alpha value is -2.48. The second kappa shape index (κ2) is 7.68. The number of methoxy groups -OCH3 is 1. The summed E-state index contributed by atoms with van der Waals surface area (Å²) in [5.74, 6) is -0.253. The monoisotopic (exact) mass is 340 g/mol. The van der Waals surface area contributed by atoms with Gasteiger partial charge in [0.15, 0.2) is 16.6 Å². The molecule has 122 valence electrons. The molecular weight excluding hydrogens is 326 g/mol. The number of thiazole rings is 1. The number of hydrogen-bond donors (Lipinski definition) is 1. The van der Waals surface area contributed by atoms with E-state index in [1.54, 1.807) is 0 Å². The van der Waals surface area contributed by atoms with Crippen LogP contribution in [0.2, 0.25) is 0 Å². The van der Waals surface area contributed by atoms with Crippen LogP contribution < -0.4 is 14.8 Å². The van der Waals surface area contributed by atoms with Gasteiger partial charge in [-0.15, -0.1) is 11.3 Å². The van der Waals surface area contributed by atoms with Crippen LogP contribution in [-0.2, 0) is 4.79 Å². The van der Waals surface area contributed by atoms with Crippen LogP contribution in [0, 0.1) is 6.92 Å². The number of hydrogen-bond acceptors (Lipinski definition) is 5. The van der Waals surface area contributed by atoms with Crippen molar-refractivity contribution in [1.29, 1.82) is 0 Å². The van der Waals surface area contributed by atoms with Crippen molar-refractivity contribution in [3.63, 3.8) is 0 Å². The van der Waals surface area contributed by atoms with Crippen molar-refractivity contribution in [1.82, 2.24) is 4.98 Å². The van der Waals surface area contributed by atoms with E-state index >= 15 is 0 Å². The molecule has 1 heterocycles. The quantitative estimate of drug-likeness (QED) is 0.814. The summed E-state index contributed by atoms with van der Waals surface area (Å²) in [5, 5.41) is 4.96. The van der Waals surface area contributed by atoms with Crippen molar-refractivity contribution in [3.05, 3.63) is 40.9 Å². The maximum Gasteiger partial charge on any atom is 0.387 e. The van der Waals surface area contributed by atoms with E-state index in [-0.39, 0.29) is 17.4 Å². The zero-order valence-electron chi connectivity index (χ0n) is 12.4. The Morgan fingerprint density at radius 3 is 2.78 bits per heavy atom. The first-order valence-electron chi connectivity index (χ1n) is 6.52. The number of amides is 1.